The van der Waals surface area contributed by atoms with Crippen LogP contribution in [0.3, 0.4) is 0 Å². The molecule has 0 unspecified atom stereocenters. The molecule has 0 aliphatic heterocycles. The van der Waals surface area contributed by atoms with Gasteiger partial charge < -0.3 is 5.11 Å². The van der Waals surface area contributed by atoms with Crippen LogP contribution in [-0.4, -0.2) is 10.1 Å². The minimum atomic E-state index is -4.44. The molecule has 0 bridgehead atoms. The van der Waals surface area contributed by atoms with Gasteiger partial charge in [0.2, 0.25) is 0 Å². The first-order valence-corrected chi connectivity index (χ1v) is 6.45. The number of hydrogen-bond donors (Lipinski definition) is 1. The van der Waals surface area contributed by atoms with Gasteiger partial charge >= 0.3 is 6.18 Å². The number of alkyl halides is 3. The third-order valence-electron chi connectivity index (χ3n) is 2.23. The summed E-state index contributed by atoms with van der Waals surface area (Å²) in [4.78, 5) is 4.43. The van der Waals surface area contributed by atoms with Crippen LogP contribution in [0.15, 0.2) is 28.9 Å². The van der Waals surface area contributed by atoms with Gasteiger partial charge in [-0.1, -0.05) is 22.0 Å². The number of thiazole rings is 1. The lowest BCUT2D eigenvalue weighted by Crippen LogP contribution is -2.07. The highest BCUT2D eigenvalue weighted by atomic mass is 79.9. The van der Waals surface area contributed by atoms with Gasteiger partial charge in [-0.05, 0) is 12.1 Å². The van der Waals surface area contributed by atoms with Gasteiger partial charge in [0.1, 0.15) is 5.01 Å². The number of halogens is 4. The topological polar surface area (TPSA) is 33.1 Å². The van der Waals surface area contributed by atoms with E-state index >= 15 is 0 Å². The highest BCUT2D eigenvalue weighted by Crippen LogP contribution is 2.39. The number of benzene rings is 1. The van der Waals surface area contributed by atoms with E-state index in [4.69, 9.17) is 5.11 Å². The van der Waals surface area contributed by atoms with Crippen molar-refractivity contribution in [3.05, 3.63) is 39.3 Å². The van der Waals surface area contributed by atoms with E-state index in [9.17, 15) is 13.2 Å². The van der Waals surface area contributed by atoms with Gasteiger partial charge in [-0.25, -0.2) is 4.98 Å². The Balaban J connectivity index is 2.56. The number of hydrogen-bond acceptors (Lipinski definition) is 3. The first-order chi connectivity index (χ1) is 8.41. The van der Waals surface area contributed by atoms with Gasteiger partial charge in [0, 0.05) is 16.2 Å². The lowest BCUT2D eigenvalue weighted by atomic mass is 10.1. The summed E-state index contributed by atoms with van der Waals surface area (Å²) >= 11 is 4.07. The normalized spacial score (nSPS) is 11.8. The molecule has 1 aromatic carbocycles. The van der Waals surface area contributed by atoms with Crippen molar-refractivity contribution in [3.63, 3.8) is 0 Å². The number of aliphatic hydroxyl groups is 1. The van der Waals surface area contributed by atoms with E-state index in [1.54, 1.807) is 0 Å². The van der Waals surface area contributed by atoms with Crippen molar-refractivity contribution in [2.45, 2.75) is 12.8 Å². The van der Waals surface area contributed by atoms with Crippen LogP contribution in [0, 0.1) is 0 Å². The molecule has 0 saturated heterocycles. The van der Waals surface area contributed by atoms with Gasteiger partial charge in [0.15, 0.2) is 0 Å². The number of aromatic nitrogens is 1. The zero-order chi connectivity index (χ0) is 13.3. The van der Waals surface area contributed by atoms with Crippen LogP contribution in [0.4, 0.5) is 13.2 Å². The van der Waals surface area contributed by atoms with Gasteiger partial charge in [-0.15, -0.1) is 11.3 Å². The molecule has 18 heavy (non-hydrogen) atoms. The molecule has 0 saturated carbocycles. The Morgan fingerprint density at radius 1 is 1.33 bits per heavy atom. The smallest absolute Gasteiger partial charge is 0.391 e. The molecule has 96 valence electrons. The molecule has 0 spiro atoms. The van der Waals surface area contributed by atoms with Crippen LogP contribution in [0.1, 0.15) is 10.4 Å². The SMILES string of the molecule is OCc1cnc(-c2ccc(Br)cc2C(F)(F)F)s1. The van der Waals surface area contributed by atoms with E-state index in [0.717, 1.165) is 17.4 Å². The lowest BCUT2D eigenvalue weighted by molar-refractivity contribution is -0.137. The van der Waals surface area contributed by atoms with Crippen molar-refractivity contribution < 1.29 is 18.3 Å². The van der Waals surface area contributed by atoms with Crippen molar-refractivity contribution in [2.75, 3.05) is 0 Å². The molecule has 0 aliphatic rings. The van der Waals surface area contributed by atoms with Crippen LogP contribution in [0.5, 0.6) is 0 Å². The van der Waals surface area contributed by atoms with Crippen LogP contribution in [0.2, 0.25) is 0 Å². The Hall–Kier alpha value is -0.920. The summed E-state index contributed by atoms with van der Waals surface area (Å²) in [6, 6.07) is 3.92. The Kier molecular flexibility index (Phi) is 3.74. The number of rotatable bonds is 2. The fourth-order valence-electron chi connectivity index (χ4n) is 1.44. The summed E-state index contributed by atoms with van der Waals surface area (Å²) in [6.45, 7) is -0.227. The van der Waals surface area contributed by atoms with Gasteiger partial charge in [0.05, 0.1) is 17.0 Å². The van der Waals surface area contributed by atoms with E-state index in [-0.39, 0.29) is 17.2 Å². The predicted octanol–water partition coefficient (Wildman–Crippen LogP) is 4.08. The first-order valence-electron chi connectivity index (χ1n) is 4.84. The van der Waals surface area contributed by atoms with Gasteiger partial charge in [-0.2, -0.15) is 13.2 Å². The molecule has 2 rings (SSSR count). The Bertz CT molecular complexity index is 568. The summed E-state index contributed by atoms with van der Waals surface area (Å²) in [5.41, 5.74) is -0.717. The summed E-state index contributed by atoms with van der Waals surface area (Å²) in [5.74, 6) is 0. The number of aliphatic hydroxyl groups excluding tert-OH is 1. The highest BCUT2D eigenvalue weighted by Gasteiger charge is 2.34. The summed E-state index contributed by atoms with van der Waals surface area (Å²) < 4.78 is 39.1. The summed E-state index contributed by atoms with van der Waals surface area (Å²) in [5, 5.41) is 9.16. The summed E-state index contributed by atoms with van der Waals surface area (Å²) in [6.07, 6.45) is -3.06. The zero-order valence-electron chi connectivity index (χ0n) is 8.83. The zero-order valence-corrected chi connectivity index (χ0v) is 11.2. The minimum absolute atomic E-state index is 0.0235. The standard InChI is InChI=1S/C11H7BrF3NOS/c12-6-1-2-8(9(3-6)11(13,14)15)10-16-4-7(5-17)18-10/h1-4,17H,5H2. The molecular formula is C11H7BrF3NOS. The molecule has 2 aromatic rings. The van der Waals surface area contributed by atoms with Gasteiger partial charge in [-0.3, -0.25) is 0 Å². The molecule has 0 amide bonds. The van der Waals surface area contributed by atoms with E-state index in [1.165, 1.54) is 18.3 Å². The molecule has 7 heteroatoms. The van der Waals surface area contributed by atoms with Crippen LogP contribution in [0.25, 0.3) is 10.6 Å². The molecule has 1 heterocycles. The monoisotopic (exact) mass is 337 g/mol. The third kappa shape index (κ3) is 2.73. The maximum Gasteiger partial charge on any atom is 0.417 e. The van der Waals surface area contributed by atoms with E-state index in [1.807, 2.05) is 0 Å². The van der Waals surface area contributed by atoms with E-state index in [0.29, 0.717) is 9.35 Å². The molecule has 1 N–H and O–H groups in total. The molecule has 0 fully saturated rings. The molecule has 2 nitrogen and oxygen atoms in total. The fourth-order valence-corrected chi connectivity index (χ4v) is 2.62. The third-order valence-corrected chi connectivity index (χ3v) is 3.74. The molecule has 0 radical (unpaired) electrons. The second-order valence-electron chi connectivity index (χ2n) is 3.48. The van der Waals surface area contributed by atoms with Crippen molar-refractivity contribution in [2.24, 2.45) is 0 Å². The average molecular weight is 338 g/mol. The maximum atomic E-state index is 12.9. The molecule has 0 atom stereocenters. The van der Waals surface area contributed by atoms with Crippen LogP contribution in [-0.2, 0) is 12.8 Å². The van der Waals surface area contributed by atoms with Crippen LogP contribution >= 0.6 is 27.3 Å². The van der Waals surface area contributed by atoms with Crippen molar-refractivity contribution in [1.29, 1.82) is 0 Å². The Morgan fingerprint density at radius 3 is 2.61 bits per heavy atom. The Labute approximate surface area is 113 Å². The second-order valence-corrected chi connectivity index (χ2v) is 5.51. The maximum absolute atomic E-state index is 12.9. The lowest BCUT2D eigenvalue weighted by Gasteiger charge is -2.11. The fraction of sp³-hybridized carbons (Fsp3) is 0.182. The van der Waals surface area contributed by atoms with Gasteiger partial charge in [0.25, 0.3) is 0 Å². The predicted molar refractivity (Wildman–Crippen MR) is 66.2 cm³/mol. The van der Waals surface area contributed by atoms with E-state index < -0.39 is 11.7 Å². The quantitative estimate of drug-likeness (QED) is 0.895. The molecule has 1 aromatic heterocycles. The van der Waals surface area contributed by atoms with E-state index in [2.05, 4.69) is 20.9 Å². The van der Waals surface area contributed by atoms with Crippen molar-refractivity contribution in [3.8, 4) is 10.6 Å². The van der Waals surface area contributed by atoms with Crippen molar-refractivity contribution in [1.82, 2.24) is 4.98 Å². The van der Waals surface area contributed by atoms with Crippen molar-refractivity contribution >= 4 is 27.3 Å². The minimum Gasteiger partial charge on any atom is -0.391 e. The van der Waals surface area contributed by atoms with Crippen LogP contribution < -0.4 is 0 Å². The molecular weight excluding hydrogens is 331 g/mol. The second kappa shape index (κ2) is 4.99. The largest absolute Gasteiger partial charge is 0.417 e. The highest BCUT2D eigenvalue weighted by molar-refractivity contribution is 9.10. The average Bonchev–Trinajstić information content (AvgIpc) is 2.76. The molecule has 0 aliphatic carbocycles. The number of nitrogens with zero attached hydrogens (tertiary/aromatic N) is 1. The Morgan fingerprint density at radius 2 is 2.06 bits per heavy atom. The first kappa shape index (κ1) is 13.5. The summed E-state index contributed by atoms with van der Waals surface area (Å²) in [7, 11) is 0.